The van der Waals surface area contributed by atoms with Crippen LogP contribution < -0.4 is 15.0 Å². The molecule has 1 aliphatic rings. The van der Waals surface area contributed by atoms with Gasteiger partial charge in [-0.05, 0) is 19.1 Å². The molecule has 0 spiro atoms. The average Bonchev–Trinajstić information content (AvgIpc) is 2.47. The lowest BCUT2D eigenvalue weighted by molar-refractivity contribution is -0.145. The molecule has 0 bridgehead atoms. The van der Waals surface area contributed by atoms with Crippen molar-refractivity contribution in [2.24, 2.45) is 0 Å². The summed E-state index contributed by atoms with van der Waals surface area (Å²) in [5.74, 6) is 0.360. The molecular weight excluding hydrogens is 244 g/mol. The number of ether oxygens (including phenoxy) is 2. The van der Waals surface area contributed by atoms with Gasteiger partial charge in [-0.2, -0.15) is 0 Å². The molecule has 1 heterocycles. The highest BCUT2D eigenvalue weighted by atomic mass is 16.6. The largest absolute Gasteiger partial charge is 0.482 e. The molecule has 19 heavy (non-hydrogen) atoms. The normalized spacial score (nSPS) is 15.1. The van der Waals surface area contributed by atoms with Gasteiger partial charge in [-0.3, -0.25) is 0 Å². The summed E-state index contributed by atoms with van der Waals surface area (Å²) in [5, 5.41) is 3.32. The van der Waals surface area contributed by atoms with E-state index in [0.29, 0.717) is 12.4 Å². The van der Waals surface area contributed by atoms with Gasteiger partial charge < -0.3 is 19.7 Å². The molecule has 1 fully saturated rings. The summed E-state index contributed by atoms with van der Waals surface area (Å²) < 4.78 is 10.3. The van der Waals surface area contributed by atoms with Crippen LogP contribution in [0.1, 0.15) is 6.92 Å². The Labute approximate surface area is 113 Å². The smallest absolute Gasteiger partial charge is 0.344 e. The van der Waals surface area contributed by atoms with Gasteiger partial charge in [-0.25, -0.2) is 4.79 Å². The van der Waals surface area contributed by atoms with Crippen LogP contribution >= 0.6 is 0 Å². The Morgan fingerprint density at radius 1 is 1.37 bits per heavy atom. The predicted octanol–water partition coefficient (Wildman–Crippen LogP) is 1.04. The van der Waals surface area contributed by atoms with E-state index in [-0.39, 0.29) is 12.6 Å². The molecule has 1 saturated heterocycles. The first-order chi connectivity index (χ1) is 9.29. The number of nitrogens with one attached hydrogen (secondary N) is 1. The Morgan fingerprint density at radius 2 is 2.16 bits per heavy atom. The van der Waals surface area contributed by atoms with E-state index < -0.39 is 0 Å². The van der Waals surface area contributed by atoms with Gasteiger partial charge in [-0.15, -0.1) is 0 Å². The van der Waals surface area contributed by atoms with Crippen molar-refractivity contribution in [3.63, 3.8) is 0 Å². The molecule has 0 radical (unpaired) electrons. The maximum absolute atomic E-state index is 11.2. The summed E-state index contributed by atoms with van der Waals surface area (Å²) in [6.45, 7) is 6.08. The van der Waals surface area contributed by atoms with Crippen LogP contribution in [-0.4, -0.2) is 45.4 Å². The van der Waals surface area contributed by atoms with E-state index in [0.717, 1.165) is 31.9 Å². The Balaban J connectivity index is 1.92. The van der Waals surface area contributed by atoms with Crippen LogP contribution in [0.25, 0.3) is 0 Å². The number of hydrogen-bond donors (Lipinski definition) is 1. The van der Waals surface area contributed by atoms with Crippen LogP contribution in [-0.2, 0) is 9.53 Å². The van der Waals surface area contributed by atoms with Gasteiger partial charge in [0.1, 0.15) is 5.75 Å². The molecule has 1 N–H and O–H groups in total. The minimum Gasteiger partial charge on any atom is -0.482 e. The van der Waals surface area contributed by atoms with E-state index >= 15 is 0 Å². The zero-order valence-electron chi connectivity index (χ0n) is 11.2. The van der Waals surface area contributed by atoms with E-state index in [1.165, 1.54) is 0 Å². The molecule has 0 aromatic heterocycles. The zero-order chi connectivity index (χ0) is 13.5. The number of carbonyl (C=O) groups excluding carboxylic acids is 1. The van der Waals surface area contributed by atoms with Crippen molar-refractivity contribution in [3.05, 3.63) is 24.3 Å². The molecule has 5 heteroatoms. The maximum atomic E-state index is 11.2. The molecule has 0 amide bonds. The molecule has 104 valence electrons. The van der Waals surface area contributed by atoms with Gasteiger partial charge in [0, 0.05) is 37.9 Å². The lowest BCUT2D eigenvalue weighted by Gasteiger charge is -2.29. The third-order valence-corrected chi connectivity index (χ3v) is 2.96. The quantitative estimate of drug-likeness (QED) is 0.805. The topological polar surface area (TPSA) is 50.8 Å². The fourth-order valence-electron chi connectivity index (χ4n) is 2.04. The number of esters is 1. The first-order valence-corrected chi connectivity index (χ1v) is 6.63. The first kappa shape index (κ1) is 13.7. The van der Waals surface area contributed by atoms with Crippen LogP contribution in [0, 0.1) is 0 Å². The lowest BCUT2D eigenvalue weighted by Crippen LogP contribution is -2.43. The van der Waals surface area contributed by atoms with Crippen LogP contribution in [0.5, 0.6) is 5.75 Å². The summed E-state index contributed by atoms with van der Waals surface area (Å²) in [6.07, 6.45) is 0. The van der Waals surface area contributed by atoms with Crippen LogP contribution in [0.3, 0.4) is 0 Å². The number of nitrogens with zero attached hydrogens (tertiary/aromatic N) is 1. The Hall–Kier alpha value is -1.75. The molecule has 1 aliphatic heterocycles. The predicted molar refractivity (Wildman–Crippen MR) is 73.7 cm³/mol. The third-order valence-electron chi connectivity index (χ3n) is 2.96. The monoisotopic (exact) mass is 264 g/mol. The van der Waals surface area contributed by atoms with Gasteiger partial charge in [0.25, 0.3) is 0 Å². The molecule has 0 saturated carbocycles. The number of benzene rings is 1. The summed E-state index contributed by atoms with van der Waals surface area (Å²) in [7, 11) is 0. The minimum absolute atomic E-state index is 0.0428. The van der Waals surface area contributed by atoms with Crippen molar-refractivity contribution in [1.29, 1.82) is 0 Å². The Morgan fingerprint density at radius 3 is 2.89 bits per heavy atom. The van der Waals surface area contributed by atoms with Crippen LogP contribution in [0.2, 0.25) is 0 Å². The highest BCUT2D eigenvalue weighted by Gasteiger charge is 2.11. The van der Waals surface area contributed by atoms with Crippen LogP contribution in [0.4, 0.5) is 5.69 Å². The van der Waals surface area contributed by atoms with Crippen molar-refractivity contribution in [3.8, 4) is 5.75 Å². The lowest BCUT2D eigenvalue weighted by atomic mass is 10.2. The molecule has 1 aromatic rings. The van der Waals surface area contributed by atoms with Gasteiger partial charge >= 0.3 is 5.97 Å². The Kier molecular flexibility index (Phi) is 5.03. The summed E-state index contributed by atoms with van der Waals surface area (Å²) in [5.41, 5.74) is 1.13. The molecule has 0 aliphatic carbocycles. The van der Waals surface area contributed by atoms with E-state index in [4.69, 9.17) is 9.47 Å². The van der Waals surface area contributed by atoms with Crippen LogP contribution in [0.15, 0.2) is 24.3 Å². The Bertz CT molecular complexity index is 417. The molecule has 0 unspecified atom stereocenters. The summed E-state index contributed by atoms with van der Waals surface area (Å²) in [6, 6.07) is 7.82. The van der Waals surface area contributed by atoms with E-state index in [2.05, 4.69) is 16.3 Å². The van der Waals surface area contributed by atoms with Gasteiger partial charge in [0.2, 0.25) is 0 Å². The maximum Gasteiger partial charge on any atom is 0.344 e. The number of anilines is 1. The number of hydrogen-bond acceptors (Lipinski definition) is 5. The molecular formula is C14H20N2O3. The number of rotatable bonds is 5. The summed E-state index contributed by atoms with van der Waals surface area (Å²) in [4.78, 5) is 13.5. The molecule has 2 rings (SSSR count). The fraction of sp³-hybridized carbons (Fsp3) is 0.500. The highest BCUT2D eigenvalue weighted by molar-refractivity contribution is 5.71. The zero-order valence-corrected chi connectivity index (χ0v) is 11.2. The second kappa shape index (κ2) is 6.99. The molecule has 5 nitrogen and oxygen atoms in total. The minimum atomic E-state index is -0.338. The number of carbonyl (C=O) groups is 1. The standard InChI is InChI=1S/C14H20N2O3/c1-2-18-14(17)11-19-13-5-3-4-12(10-13)16-8-6-15-7-9-16/h3-5,10,15H,2,6-9,11H2,1H3. The number of piperazine rings is 1. The van der Waals surface area contributed by atoms with Crippen molar-refractivity contribution in [2.75, 3.05) is 44.3 Å². The highest BCUT2D eigenvalue weighted by Crippen LogP contribution is 2.21. The summed E-state index contributed by atoms with van der Waals surface area (Å²) >= 11 is 0. The SMILES string of the molecule is CCOC(=O)COc1cccc(N2CCNCC2)c1. The second-order valence-corrected chi connectivity index (χ2v) is 4.33. The second-order valence-electron chi connectivity index (χ2n) is 4.33. The average molecular weight is 264 g/mol. The van der Waals surface area contributed by atoms with Crippen molar-refractivity contribution >= 4 is 11.7 Å². The van der Waals surface area contributed by atoms with Gasteiger partial charge in [-0.1, -0.05) is 6.07 Å². The third kappa shape index (κ3) is 4.13. The fourth-order valence-corrected chi connectivity index (χ4v) is 2.04. The van der Waals surface area contributed by atoms with E-state index in [1.54, 1.807) is 6.92 Å². The molecule has 1 aromatic carbocycles. The first-order valence-electron chi connectivity index (χ1n) is 6.63. The van der Waals surface area contributed by atoms with Gasteiger partial charge in [0.05, 0.1) is 6.61 Å². The molecule has 0 atom stereocenters. The van der Waals surface area contributed by atoms with Gasteiger partial charge in [0.15, 0.2) is 6.61 Å². The van der Waals surface area contributed by atoms with Crippen molar-refractivity contribution in [1.82, 2.24) is 5.32 Å². The van der Waals surface area contributed by atoms with Crippen molar-refractivity contribution < 1.29 is 14.3 Å². The van der Waals surface area contributed by atoms with Crippen molar-refractivity contribution in [2.45, 2.75) is 6.92 Å². The van der Waals surface area contributed by atoms with E-state index in [1.807, 2.05) is 18.2 Å². The van der Waals surface area contributed by atoms with E-state index in [9.17, 15) is 4.79 Å².